The lowest BCUT2D eigenvalue weighted by Gasteiger charge is -2.28. The van der Waals surface area contributed by atoms with E-state index < -0.39 is 41.6 Å². The van der Waals surface area contributed by atoms with Gasteiger partial charge in [0.1, 0.15) is 30.8 Å². The highest BCUT2D eigenvalue weighted by molar-refractivity contribution is 5.92. The number of hydrogen-bond donors (Lipinski definition) is 2. The maximum Gasteiger partial charge on any atom is 0.410 e. The molecule has 3 aromatic carbocycles. The Hall–Kier alpha value is -4.66. The molecule has 0 aliphatic heterocycles. The van der Waals surface area contributed by atoms with Gasteiger partial charge in [-0.1, -0.05) is 105 Å². The number of ether oxygens (including phenoxy) is 2. The predicted octanol–water partition coefficient (Wildman–Crippen LogP) is 5.47. The minimum absolute atomic E-state index is 0.0812. The van der Waals surface area contributed by atoms with Gasteiger partial charge in [0.2, 0.25) is 11.8 Å². The average molecular weight is 630 g/mol. The smallest absolute Gasteiger partial charge is 0.410 e. The first kappa shape index (κ1) is 35.8. The number of esters is 1. The molecule has 246 valence electrons. The van der Waals surface area contributed by atoms with Crippen molar-refractivity contribution in [3.63, 3.8) is 0 Å². The third-order valence-corrected chi connectivity index (χ3v) is 6.97. The van der Waals surface area contributed by atoms with Gasteiger partial charge in [-0.25, -0.2) is 9.59 Å². The van der Waals surface area contributed by atoms with Gasteiger partial charge in [0.05, 0.1) is 0 Å². The van der Waals surface area contributed by atoms with E-state index in [1.165, 1.54) is 4.90 Å². The second-order valence-corrected chi connectivity index (χ2v) is 12.7. The summed E-state index contributed by atoms with van der Waals surface area (Å²) in [5.74, 6) is -1.51. The van der Waals surface area contributed by atoms with Crippen molar-refractivity contribution in [2.45, 2.75) is 78.2 Å². The zero-order valence-corrected chi connectivity index (χ0v) is 27.5. The molecule has 2 N–H and O–H groups in total. The summed E-state index contributed by atoms with van der Waals surface area (Å²) >= 11 is 0. The van der Waals surface area contributed by atoms with Gasteiger partial charge in [-0.15, -0.1) is 0 Å². The van der Waals surface area contributed by atoms with Crippen molar-refractivity contribution >= 4 is 23.9 Å². The fourth-order valence-corrected chi connectivity index (χ4v) is 4.73. The van der Waals surface area contributed by atoms with E-state index in [-0.39, 0.29) is 32.0 Å². The summed E-state index contributed by atoms with van der Waals surface area (Å²) in [4.78, 5) is 54.8. The number of hydrogen-bond acceptors (Lipinski definition) is 6. The minimum Gasteiger partial charge on any atom is -0.459 e. The van der Waals surface area contributed by atoms with Gasteiger partial charge in [-0.2, -0.15) is 0 Å². The summed E-state index contributed by atoms with van der Waals surface area (Å²) in [6, 6.07) is 26.3. The van der Waals surface area contributed by atoms with Crippen LogP contribution in [0.2, 0.25) is 0 Å². The van der Waals surface area contributed by atoms with Crippen LogP contribution >= 0.6 is 0 Å². The number of amides is 3. The van der Waals surface area contributed by atoms with Gasteiger partial charge in [0, 0.05) is 13.0 Å². The molecule has 9 heteroatoms. The normalized spacial score (nSPS) is 12.5. The van der Waals surface area contributed by atoms with Gasteiger partial charge in [0.25, 0.3) is 0 Å². The molecule has 0 bridgehead atoms. The molecule has 3 rings (SSSR count). The zero-order chi connectivity index (χ0) is 33.5. The average Bonchev–Trinajstić information content (AvgIpc) is 3.01. The number of nitrogens with one attached hydrogen (secondary N) is 2. The molecule has 46 heavy (non-hydrogen) atoms. The van der Waals surface area contributed by atoms with Gasteiger partial charge in [-0.3, -0.25) is 14.5 Å². The third-order valence-electron chi connectivity index (χ3n) is 6.97. The molecule has 0 aromatic heterocycles. The van der Waals surface area contributed by atoms with E-state index >= 15 is 0 Å². The van der Waals surface area contributed by atoms with Gasteiger partial charge < -0.3 is 20.1 Å². The SMILES string of the molecule is CC(C)C[C@@H](NC(=O)[C@@H](Cc1ccccc1)NC(=O)CN(CCc1ccccc1)C(=O)OC(C)(C)C)C(=O)OCc1ccccc1. The Morgan fingerprint density at radius 2 is 1.28 bits per heavy atom. The maximum atomic E-state index is 13.7. The Kier molecular flexibility index (Phi) is 13.8. The Bertz CT molecular complexity index is 1390. The standard InChI is InChI=1S/C37H47N3O6/c1-27(2)23-32(35(43)45-26-30-19-13-8-14-20-30)39-34(42)31(24-29-17-11-7-12-18-29)38-33(41)25-40(36(44)46-37(3,4)5)22-21-28-15-9-6-10-16-28/h6-20,27,31-32H,21-26H2,1-5H3,(H,38,41)(H,39,42)/t31-,32-/m1/s1. The van der Waals surface area contributed by atoms with Crippen LogP contribution in [-0.2, 0) is 43.3 Å². The highest BCUT2D eigenvalue weighted by Gasteiger charge is 2.30. The van der Waals surface area contributed by atoms with E-state index in [1.54, 1.807) is 20.8 Å². The van der Waals surface area contributed by atoms with Crippen LogP contribution in [-0.4, -0.2) is 59.6 Å². The van der Waals surface area contributed by atoms with Crippen molar-refractivity contribution in [1.29, 1.82) is 0 Å². The van der Waals surface area contributed by atoms with Crippen molar-refractivity contribution in [1.82, 2.24) is 15.5 Å². The number of nitrogens with zero attached hydrogens (tertiary/aromatic N) is 1. The van der Waals surface area contributed by atoms with Crippen LogP contribution in [0.15, 0.2) is 91.0 Å². The third kappa shape index (κ3) is 13.1. The molecule has 0 fully saturated rings. The fraction of sp³-hybridized carbons (Fsp3) is 0.405. The molecule has 0 radical (unpaired) electrons. The second-order valence-electron chi connectivity index (χ2n) is 12.7. The monoisotopic (exact) mass is 629 g/mol. The highest BCUT2D eigenvalue weighted by Crippen LogP contribution is 2.13. The lowest BCUT2D eigenvalue weighted by molar-refractivity contribution is -0.149. The summed E-state index contributed by atoms with van der Waals surface area (Å²) in [5, 5.41) is 5.65. The van der Waals surface area contributed by atoms with E-state index in [1.807, 2.05) is 105 Å². The highest BCUT2D eigenvalue weighted by atomic mass is 16.6. The number of benzene rings is 3. The van der Waals surface area contributed by atoms with Crippen molar-refractivity contribution in [2.75, 3.05) is 13.1 Å². The molecule has 9 nitrogen and oxygen atoms in total. The fourth-order valence-electron chi connectivity index (χ4n) is 4.73. The van der Waals surface area contributed by atoms with Crippen LogP contribution in [0.1, 0.15) is 57.7 Å². The molecule has 0 heterocycles. The van der Waals surface area contributed by atoms with E-state index in [0.717, 1.165) is 16.7 Å². The predicted molar refractivity (Wildman–Crippen MR) is 178 cm³/mol. The first-order valence-electron chi connectivity index (χ1n) is 15.8. The second kappa shape index (κ2) is 17.7. The van der Waals surface area contributed by atoms with Crippen LogP contribution in [0.25, 0.3) is 0 Å². The molecule has 0 unspecified atom stereocenters. The summed E-state index contributed by atoms with van der Waals surface area (Å²) in [7, 11) is 0. The Morgan fingerprint density at radius 3 is 1.83 bits per heavy atom. The molecular formula is C37H47N3O6. The first-order chi connectivity index (χ1) is 21.9. The van der Waals surface area contributed by atoms with Crippen molar-refractivity contribution in [2.24, 2.45) is 5.92 Å². The van der Waals surface area contributed by atoms with Gasteiger partial charge in [0.15, 0.2) is 0 Å². The van der Waals surface area contributed by atoms with E-state index in [0.29, 0.717) is 12.8 Å². The molecular weight excluding hydrogens is 582 g/mol. The van der Waals surface area contributed by atoms with Crippen molar-refractivity contribution in [3.8, 4) is 0 Å². The molecule has 0 aliphatic rings. The van der Waals surface area contributed by atoms with Crippen LogP contribution in [0, 0.1) is 5.92 Å². The number of rotatable bonds is 15. The number of carbonyl (C=O) groups excluding carboxylic acids is 4. The lowest BCUT2D eigenvalue weighted by atomic mass is 10.0. The van der Waals surface area contributed by atoms with Crippen LogP contribution < -0.4 is 10.6 Å². The van der Waals surface area contributed by atoms with Crippen LogP contribution in [0.5, 0.6) is 0 Å². The van der Waals surface area contributed by atoms with Crippen LogP contribution in [0.4, 0.5) is 4.79 Å². The molecule has 0 spiro atoms. The first-order valence-corrected chi connectivity index (χ1v) is 15.8. The van der Waals surface area contributed by atoms with E-state index in [4.69, 9.17) is 9.47 Å². The number of carbonyl (C=O) groups is 4. The lowest BCUT2D eigenvalue weighted by Crippen LogP contribution is -2.55. The summed E-state index contributed by atoms with van der Waals surface area (Å²) < 4.78 is 11.1. The minimum atomic E-state index is -1.01. The van der Waals surface area contributed by atoms with E-state index in [9.17, 15) is 19.2 Å². The summed E-state index contributed by atoms with van der Waals surface area (Å²) in [6.45, 7) is 9.20. The molecule has 2 atom stereocenters. The largest absolute Gasteiger partial charge is 0.459 e. The van der Waals surface area contributed by atoms with Crippen LogP contribution in [0.3, 0.4) is 0 Å². The molecule has 3 aromatic rings. The van der Waals surface area contributed by atoms with Gasteiger partial charge in [-0.05, 0) is 56.2 Å². The molecule has 0 saturated carbocycles. The van der Waals surface area contributed by atoms with Crippen molar-refractivity contribution in [3.05, 3.63) is 108 Å². The zero-order valence-electron chi connectivity index (χ0n) is 27.5. The van der Waals surface area contributed by atoms with Crippen molar-refractivity contribution < 1.29 is 28.7 Å². The van der Waals surface area contributed by atoms with Gasteiger partial charge >= 0.3 is 12.1 Å². The Labute approximate surface area is 272 Å². The topological polar surface area (TPSA) is 114 Å². The van der Waals surface area contributed by atoms with E-state index in [2.05, 4.69) is 10.6 Å². The Morgan fingerprint density at radius 1 is 0.739 bits per heavy atom. The molecule has 0 aliphatic carbocycles. The molecule has 0 saturated heterocycles. The quantitative estimate of drug-likeness (QED) is 0.216. The summed E-state index contributed by atoms with van der Waals surface area (Å²) in [6.07, 6.45) is 0.434. The maximum absolute atomic E-state index is 13.7. The molecule has 3 amide bonds. The Balaban J connectivity index is 1.75. The summed E-state index contributed by atoms with van der Waals surface area (Å²) in [5.41, 5.74) is 1.91.